The molecule has 0 radical (unpaired) electrons. The van der Waals surface area contributed by atoms with Crippen LogP contribution in [0.5, 0.6) is 5.75 Å². The molecule has 102 valence electrons. The highest BCUT2D eigenvalue weighted by atomic mass is 32.2. The lowest BCUT2D eigenvalue weighted by molar-refractivity contribution is 0.322. The number of halogens is 1. The topological polar surface area (TPSA) is 55.4 Å². The highest BCUT2D eigenvalue weighted by molar-refractivity contribution is 7.89. The first-order chi connectivity index (χ1) is 8.53. The second kappa shape index (κ2) is 7.33. The first-order valence-corrected chi connectivity index (χ1v) is 7.54. The summed E-state index contributed by atoms with van der Waals surface area (Å²) >= 11 is 0. The third-order valence-electron chi connectivity index (χ3n) is 2.27. The summed E-state index contributed by atoms with van der Waals surface area (Å²) in [5.74, 6) is 0.326. The fraction of sp³-hybridized carbons (Fsp3) is 0.500. The third kappa shape index (κ3) is 5.97. The van der Waals surface area contributed by atoms with Gasteiger partial charge in [-0.25, -0.2) is 17.5 Å². The van der Waals surface area contributed by atoms with E-state index in [2.05, 4.69) is 4.72 Å². The summed E-state index contributed by atoms with van der Waals surface area (Å²) in [6.45, 7) is 2.37. The smallest absolute Gasteiger partial charge is 0.211 e. The van der Waals surface area contributed by atoms with Gasteiger partial charge < -0.3 is 4.74 Å². The minimum Gasteiger partial charge on any atom is -0.492 e. The molecule has 1 N–H and O–H groups in total. The molecule has 0 atom stereocenters. The van der Waals surface area contributed by atoms with Crippen molar-refractivity contribution in [2.24, 2.45) is 0 Å². The number of sulfonamides is 1. The maximum Gasteiger partial charge on any atom is 0.211 e. The van der Waals surface area contributed by atoms with Gasteiger partial charge in [-0.15, -0.1) is 0 Å². The molecule has 0 aromatic heterocycles. The molecular formula is C12H18FNO3S. The molecule has 6 heteroatoms. The lowest BCUT2D eigenvalue weighted by Crippen LogP contribution is -2.30. The molecule has 4 nitrogen and oxygen atoms in total. The maximum atomic E-state index is 12.6. The molecule has 0 aliphatic carbocycles. The molecule has 0 heterocycles. The molecule has 1 aromatic carbocycles. The van der Waals surface area contributed by atoms with E-state index in [9.17, 15) is 12.8 Å². The van der Waals surface area contributed by atoms with E-state index < -0.39 is 10.0 Å². The van der Waals surface area contributed by atoms with E-state index in [-0.39, 0.29) is 24.7 Å². The molecule has 0 bridgehead atoms. The number of unbranched alkanes of at least 4 members (excludes halogenated alkanes) is 1. The minimum atomic E-state index is -3.19. The van der Waals surface area contributed by atoms with Crippen molar-refractivity contribution in [2.45, 2.75) is 19.8 Å². The molecule has 1 aromatic rings. The molecule has 0 amide bonds. The van der Waals surface area contributed by atoms with Crippen molar-refractivity contribution in [1.29, 1.82) is 0 Å². The van der Waals surface area contributed by atoms with E-state index in [0.717, 1.165) is 6.42 Å². The monoisotopic (exact) mass is 275 g/mol. The molecule has 0 aliphatic heterocycles. The molecule has 0 saturated carbocycles. The van der Waals surface area contributed by atoms with Gasteiger partial charge in [-0.1, -0.05) is 13.3 Å². The molecular weight excluding hydrogens is 257 g/mol. The Morgan fingerprint density at radius 2 is 1.94 bits per heavy atom. The van der Waals surface area contributed by atoms with Crippen LogP contribution in [0.4, 0.5) is 4.39 Å². The minimum absolute atomic E-state index is 0.139. The molecule has 18 heavy (non-hydrogen) atoms. The summed E-state index contributed by atoms with van der Waals surface area (Å²) in [6, 6.07) is 5.59. The van der Waals surface area contributed by atoms with Crippen molar-refractivity contribution in [3.8, 4) is 5.75 Å². The zero-order valence-electron chi connectivity index (χ0n) is 10.4. The second-order valence-corrected chi connectivity index (χ2v) is 5.80. The fourth-order valence-electron chi connectivity index (χ4n) is 1.30. The van der Waals surface area contributed by atoms with Crippen LogP contribution >= 0.6 is 0 Å². The lowest BCUT2D eigenvalue weighted by Gasteiger charge is -2.08. The molecule has 0 aliphatic rings. The van der Waals surface area contributed by atoms with E-state index in [1.165, 1.54) is 24.3 Å². The van der Waals surface area contributed by atoms with Crippen molar-refractivity contribution < 1.29 is 17.5 Å². The van der Waals surface area contributed by atoms with E-state index in [4.69, 9.17) is 4.74 Å². The van der Waals surface area contributed by atoms with Gasteiger partial charge in [0.05, 0.1) is 5.75 Å². The van der Waals surface area contributed by atoms with Crippen molar-refractivity contribution in [2.75, 3.05) is 18.9 Å². The lowest BCUT2D eigenvalue weighted by atomic mass is 10.3. The quantitative estimate of drug-likeness (QED) is 0.737. The van der Waals surface area contributed by atoms with E-state index in [1.807, 2.05) is 6.92 Å². The Morgan fingerprint density at radius 3 is 2.56 bits per heavy atom. The first-order valence-electron chi connectivity index (χ1n) is 5.89. The van der Waals surface area contributed by atoms with Crippen LogP contribution in [0, 0.1) is 5.82 Å². The summed E-state index contributed by atoms with van der Waals surface area (Å²) in [4.78, 5) is 0. The van der Waals surface area contributed by atoms with Gasteiger partial charge in [-0.2, -0.15) is 0 Å². The van der Waals surface area contributed by atoms with Crippen LogP contribution < -0.4 is 9.46 Å². The summed E-state index contributed by atoms with van der Waals surface area (Å²) < 4.78 is 43.2. The number of hydrogen-bond acceptors (Lipinski definition) is 3. The Balaban J connectivity index is 2.24. The van der Waals surface area contributed by atoms with Crippen LogP contribution in [0.1, 0.15) is 19.8 Å². The van der Waals surface area contributed by atoms with E-state index >= 15 is 0 Å². The Hall–Kier alpha value is -1.14. The van der Waals surface area contributed by atoms with Crippen molar-refractivity contribution >= 4 is 10.0 Å². The summed E-state index contributed by atoms with van der Waals surface area (Å²) in [5.41, 5.74) is 0. The molecule has 0 unspecified atom stereocenters. The zero-order chi connectivity index (χ0) is 13.4. The average Bonchev–Trinajstić information content (AvgIpc) is 2.34. The number of ether oxygens (including phenoxy) is 1. The molecule has 1 rings (SSSR count). The first kappa shape index (κ1) is 14.9. The summed E-state index contributed by atoms with van der Waals surface area (Å²) in [5, 5.41) is 0. The highest BCUT2D eigenvalue weighted by Gasteiger charge is 2.07. The fourth-order valence-corrected chi connectivity index (χ4v) is 2.51. The number of benzene rings is 1. The average molecular weight is 275 g/mol. The van der Waals surface area contributed by atoms with Gasteiger partial charge in [-0.05, 0) is 30.7 Å². The largest absolute Gasteiger partial charge is 0.492 e. The van der Waals surface area contributed by atoms with Crippen LogP contribution in [0.3, 0.4) is 0 Å². The van der Waals surface area contributed by atoms with Crippen molar-refractivity contribution in [1.82, 2.24) is 4.72 Å². The van der Waals surface area contributed by atoms with Gasteiger partial charge in [0.25, 0.3) is 0 Å². The van der Waals surface area contributed by atoms with Gasteiger partial charge in [0.1, 0.15) is 18.2 Å². The van der Waals surface area contributed by atoms with Crippen molar-refractivity contribution in [3.63, 3.8) is 0 Å². The predicted molar refractivity (Wildman–Crippen MR) is 68.6 cm³/mol. The molecule has 0 fully saturated rings. The van der Waals surface area contributed by atoms with Gasteiger partial charge in [-0.3, -0.25) is 0 Å². The Morgan fingerprint density at radius 1 is 1.28 bits per heavy atom. The third-order valence-corrected chi connectivity index (χ3v) is 3.74. The second-order valence-electron chi connectivity index (χ2n) is 3.87. The SMILES string of the molecule is CCCCS(=O)(=O)NCCOc1ccc(F)cc1. The Labute approximate surface area is 107 Å². The van der Waals surface area contributed by atoms with Gasteiger partial charge in [0.15, 0.2) is 0 Å². The standard InChI is InChI=1S/C12H18FNO3S/c1-2-3-10-18(15,16)14-8-9-17-12-6-4-11(13)5-7-12/h4-7,14H,2-3,8-10H2,1H3. The number of nitrogens with one attached hydrogen (secondary N) is 1. The summed E-state index contributed by atoms with van der Waals surface area (Å²) in [6.07, 6.45) is 1.49. The summed E-state index contributed by atoms with van der Waals surface area (Å²) in [7, 11) is -3.19. The zero-order valence-corrected chi connectivity index (χ0v) is 11.2. The number of hydrogen-bond donors (Lipinski definition) is 1. The van der Waals surface area contributed by atoms with E-state index in [0.29, 0.717) is 12.2 Å². The van der Waals surface area contributed by atoms with Gasteiger partial charge >= 0.3 is 0 Å². The van der Waals surface area contributed by atoms with Crippen LogP contribution in [0.2, 0.25) is 0 Å². The highest BCUT2D eigenvalue weighted by Crippen LogP contribution is 2.10. The van der Waals surface area contributed by atoms with Crippen LogP contribution in [-0.2, 0) is 10.0 Å². The maximum absolute atomic E-state index is 12.6. The Kier molecular flexibility index (Phi) is 6.07. The predicted octanol–water partition coefficient (Wildman–Crippen LogP) is 1.92. The van der Waals surface area contributed by atoms with Crippen molar-refractivity contribution in [3.05, 3.63) is 30.1 Å². The van der Waals surface area contributed by atoms with Crippen LogP contribution in [0.15, 0.2) is 24.3 Å². The van der Waals surface area contributed by atoms with Crippen LogP contribution in [-0.4, -0.2) is 27.3 Å². The molecule has 0 spiro atoms. The van der Waals surface area contributed by atoms with E-state index in [1.54, 1.807) is 0 Å². The number of rotatable bonds is 8. The van der Waals surface area contributed by atoms with Crippen LogP contribution in [0.25, 0.3) is 0 Å². The van der Waals surface area contributed by atoms with Gasteiger partial charge in [0, 0.05) is 6.54 Å². The normalized spacial score (nSPS) is 11.4. The van der Waals surface area contributed by atoms with Gasteiger partial charge in [0.2, 0.25) is 10.0 Å². The Bertz CT molecular complexity index is 445. The molecule has 0 saturated heterocycles.